The van der Waals surface area contributed by atoms with E-state index in [1.165, 1.54) is 19.1 Å². The van der Waals surface area contributed by atoms with Crippen molar-refractivity contribution in [3.8, 4) is 0 Å². The molecule has 94 valence electrons. The lowest BCUT2D eigenvalue weighted by Gasteiger charge is -2.21. The molecule has 1 N–H and O–H groups in total. The minimum absolute atomic E-state index is 0.174. The summed E-state index contributed by atoms with van der Waals surface area (Å²) in [6.45, 7) is 0.839. The molecule has 0 saturated carbocycles. The Morgan fingerprint density at radius 2 is 2.12 bits per heavy atom. The predicted molar refractivity (Wildman–Crippen MR) is 65.9 cm³/mol. The molecular weight excluding hydrogens is 266 g/mol. The first-order valence-corrected chi connectivity index (χ1v) is 6.83. The zero-order valence-corrected chi connectivity index (χ0v) is 10.7. The van der Waals surface area contributed by atoms with Gasteiger partial charge in [0.15, 0.2) is 0 Å². The average Bonchev–Trinajstić information content (AvgIpc) is 2.25. The highest BCUT2D eigenvalue weighted by atomic mass is 35.5. The maximum absolute atomic E-state index is 11.8. The Morgan fingerprint density at radius 1 is 1.47 bits per heavy atom. The predicted octanol–water partition coefficient (Wildman–Crippen LogP) is 1.58. The number of nitrogens with zero attached hydrogens (tertiary/aromatic N) is 1. The van der Waals surface area contributed by atoms with Gasteiger partial charge in [0, 0.05) is 5.02 Å². The second-order valence-corrected chi connectivity index (χ2v) is 5.90. The molecule has 0 heterocycles. The van der Waals surface area contributed by atoms with Gasteiger partial charge < -0.3 is 5.11 Å². The van der Waals surface area contributed by atoms with Crippen LogP contribution in [0, 0.1) is 0 Å². The summed E-state index contributed by atoms with van der Waals surface area (Å²) in [6.07, 6.45) is 0. The quantitative estimate of drug-likeness (QED) is 0.887. The van der Waals surface area contributed by atoms with Crippen molar-refractivity contribution in [3.63, 3.8) is 0 Å². The highest BCUT2D eigenvalue weighted by Gasteiger charge is 2.23. The molecule has 0 spiro atoms. The summed E-state index contributed by atoms with van der Waals surface area (Å²) in [4.78, 5) is 10.7. The Kier molecular flexibility index (Phi) is 4.36. The molecule has 5 nitrogen and oxygen atoms in total. The smallest absolute Gasteiger partial charge is 0.324 e. The highest BCUT2D eigenvalue weighted by molar-refractivity contribution is 7.92. The first kappa shape index (κ1) is 13.8. The van der Waals surface area contributed by atoms with Crippen molar-refractivity contribution in [2.45, 2.75) is 6.92 Å². The van der Waals surface area contributed by atoms with Crippen LogP contribution in [-0.2, 0) is 14.8 Å². The molecule has 1 aromatic carbocycles. The number of benzene rings is 1. The zero-order valence-electron chi connectivity index (χ0n) is 9.13. The lowest BCUT2D eigenvalue weighted by molar-refractivity contribution is -0.135. The molecule has 17 heavy (non-hydrogen) atoms. The van der Waals surface area contributed by atoms with Crippen LogP contribution in [-0.4, -0.2) is 31.8 Å². The lowest BCUT2D eigenvalue weighted by atomic mass is 10.3. The van der Waals surface area contributed by atoms with Crippen LogP contribution in [0.2, 0.25) is 5.02 Å². The average molecular weight is 278 g/mol. The first-order chi connectivity index (χ1) is 7.86. The van der Waals surface area contributed by atoms with E-state index >= 15 is 0 Å². The Balaban J connectivity index is 3.20. The minimum atomic E-state index is -3.63. The number of hydrogen-bond donors (Lipinski definition) is 1. The fourth-order valence-corrected chi connectivity index (χ4v) is 2.50. The molecule has 0 aliphatic rings. The van der Waals surface area contributed by atoms with Gasteiger partial charge in [-0.1, -0.05) is 17.7 Å². The zero-order chi connectivity index (χ0) is 13.1. The van der Waals surface area contributed by atoms with Gasteiger partial charge in [0.2, 0.25) is 10.0 Å². The molecule has 0 radical (unpaired) electrons. The standard InChI is InChI=1S/C10H12ClNO4S/c1-2-17(15,16)12(7-10(13)14)9-5-3-4-8(11)6-9/h3-6H,2,7H2,1H3,(H,13,14). The number of anilines is 1. The molecule has 0 bridgehead atoms. The van der Waals surface area contributed by atoms with Crippen LogP contribution in [0.1, 0.15) is 6.92 Å². The van der Waals surface area contributed by atoms with E-state index in [9.17, 15) is 13.2 Å². The molecule has 0 fully saturated rings. The van der Waals surface area contributed by atoms with Gasteiger partial charge in [-0.3, -0.25) is 9.10 Å². The van der Waals surface area contributed by atoms with Crippen LogP contribution in [0.3, 0.4) is 0 Å². The van der Waals surface area contributed by atoms with Crippen LogP contribution in [0.25, 0.3) is 0 Å². The molecule has 0 aliphatic carbocycles. The fraction of sp³-hybridized carbons (Fsp3) is 0.300. The molecule has 0 unspecified atom stereocenters. The van der Waals surface area contributed by atoms with Gasteiger partial charge in [-0.05, 0) is 25.1 Å². The summed E-state index contributed by atoms with van der Waals surface area (Å²) in [5.41, 5.74) is 0.252. The maximum Gasteiger partial charge on any atom is 0.324 e. The number of aliphatic carboxylic acids is 1. The number of carboxylic acid groups (broad SMARTS) is 1. The third-order valence-electron chi connectivity index (χ3n) is 2.08. The van der Waals surface area contributed by atoms with Gasteiger partial charge >= 0.3 is 5.97 Å². The van der Waals surface area contributed by atoms with Crippen LogP contribution in [0.5, 0.6) is 0 Å². The van der Waals surface area contributed by atoms with E-state index in [0.29, 0.717) is 5.02 Å². The number of hydrogen-bond acceptors (Lipinski definition) is 3. The summed E-state index contributed by atoms with van der Waals surface area (Å²) in [5, 5.41) is 9.09. The molecule has 1 rings (SSSR count). The van der Waals surface area contributed by atoms with E-state index in [-0.39, 0.29) is 11.4 Å². The number of rotatable bonds is 5. The minimum Gasteiger partial charge on any atom is -0.480 e. The molecule has 0 saturated heterocycles. The Labute approximate surface area is 105 Å². The normalized spacial score (nSPS) is 11.2. The molecular formula is C10H12ClNO4S. The molecule has 0 aromatic heterocycles. The van der Waals surface area contributed by atoms with E-state index in [2.05, 4.69) is 0 Å². The summed E-state index contributed by atoms with van der Waals surface area (Å²) < 4.78 is 24.4. The lowest BCUT2D eigenvalue weighted by Crippen LogP contribution is -2.36. The Hall–Kier alpha value is -1.27. The van der Waals surface area contributed by atoms with E-state index in [1.54, 1.807) is 12.1 Å². The van der Waals surface area contributed by atoms with Gasteiger partial charge in [-0.25, -0.2) is 8.42 Å². The van der Waals surface area contributed by atoms with Crippen molar-refractivity contribution in [3.05, 3.63) is 29.3 Å². The van der Waals surface area contributed by atoms with E-state index in [1.807, 2.05) is 0 Å². The first-order valence-electron chi connectivity index (χ1n) is 4.84. The SMILES string of the molecule is CCS(=O)(=O)N(CC(=O)O)c1cccc(Cl)c1. The van der Waals surface area contributed by atoms with Gasteiger partial charge in [0.1, 0.15) is 6.54 Å². The van der Waals surface area contributed by atoms with Gasteiger partial charge in [0.25, 0.3) is 0 Å². The fourth-order valence-electron chi connectivity index (χ4n) is 1.26. The third kappa shape index (κ3) is 3.61. The monoisotopic (exact) mass is 277 g/mol. The molecule has 0 atom stereocenters. The van der Waals surface area contributed by atoms with E-state index in [0.717, 1.165) is 4.31 Å². The van der Waals surface area contributed by atoms with Crippen LogP contribution in [0.15, 0.2) is 24.3 Å². The molecule has 0 aliphatic heterocycles. The summed E-state index contributed by atoms with van der Waals surface area (Å²) in [7, 11) is -3.63. The second kappa shape index (κ2) is 5.37. The number of carbonyl (C=O) groups is 1. The van der Waals surface area contributed by atoms with Crippen molar-refractivity contribution in [2.24, 2.45) is 0 Å². The van der Waals surface area contributed by atoms with Gasteiger partial charge in [0.05, 0.1) is 11.4 Å². The highest BCUT2D eigenvalue weighted by Crippen LogP contribution is 2.22. The van der Waals surface area contributed by atoms with Crippen molar-refractivity contribution >= 4 is 33.3 Å². The van der Waals surface area contributed by atoms with E-state index in [4.69, 9.17) is 16.7 Å². The van der Waals surface area contributed by atoms with Crippen LogP contribution in [0.4, 0.5) is 5.69 Å². The largest absolute Gasteiger partial charge is 0.480 e. The summed E-state index contributed by atoms with van der Waals surface area (Å²) >= 11 is 5.75. The Morgan fingerprint density at radius 3 is 2.59 bits per heavy atom. The van der Waals surface area contributed by atoms with Crippen molar-refractivity contribution in [2.75, 3.05) is 16.6 Å². The molecule has 7 heteroatoms. The summed E-state index contributed by atoms with van der Waals surface area (Å²) in [6, 6.07) is 6.07. The second-order valence-electron chi connectivity index (χ2n) is 3.28. The summed E-state index contributed by atoms with van der Waals surface area (Å²) in [5.74, 6) is -1.39. The maximum atomic E-state index is 11.8. The number of sulfonamides is 1. The third-order valence-corrected chi connectivity index (χ3v) is 4.05. The molecule has 1 aromatic rings. The van der Waals surface area contributed by atoms with Crippen LogP contribution >= 0.6 is 11.6 Å². The van der Waals surface area contributed by atoms with Crippen molar-refractivity contribution < 1.29 is 18.3 Å². The van der Waals surface area contributed by atoms with E-state index < -0.39 is 22.5 Å². The van der Waals surface area contributed by atoms with Gasteiger partial charge in [-0.15, -0.1) is 0 Å². The Bertz CT molecular complexity index is 515. The molecule has 0 amide bonds. The van der Waals surface area contributed by atoms with Crippen LogP contribution < -0.4 is 4.31 Å². The van der Waals surface area contributed by atoms with Crippen molar-refractivity contribution in [1.82, 2.24) is 0 Å². The van der Waals surface area contributed by atoms with Gasteiger partial charge in [-0.2, -0.15) is 0 Å². The van der Waals surface area contributed by atoms with Crippen molar-refractivity contribution in [1.29, 1.82) is 0 Å². The number of carboxylic acids is 1. The number of halogens is 1. The topological polar surface area (TPSA) is 74.7 Å².